The maximum absolute atomic E-state index is 12.8. The van der Waals surface area contributed by atoms with Crippen molar-refractivity contribution in [3.63, 3.8) is 0 Å². The van der Waals surface area contributed by atoms with Crippen LogP contribution in [0.15, 0.2) is 60.8 Å². The van der Waals surface area contributed by atoms with Crippen molar-refractivity contribution in [2.75, 3.05) is 13.2 Å². The Morgan fingerprint density at radius 2 is 0.600 bits per heavy atom. The molecule has 0 aliphatic carbocycles. The average molecular weight is 909 g/mol. The van der Waals surface area contributed by atoms with Crippen molar-refractivity contribution in [3.8, 4) is 0 Å². The van der Waals surface area contributed by atoms with Gasteiger partial charge in [-0.15, -0.1) is 0 Å². The minimum atomic E-state index is -0.792. The molecule has 0 amide bonds. The van der Waals surface area contributed by atoms with Gasteiger partial charge in [-0.1, -0.05) is 236 Å². The third-order valence-electron chi connectivity index (χ3n) is 12.0. The first-order chi connectivity index (χ1) is 32.0. The van der Waals surface area contributed by atoms with E-state index in [-0.39, 0.29) is 31.1 Å². The predicted octanol–water partition coefficient (Wildman–Crippen LogP) is 18.4. The van der Waals surface area contributed by atoms with E-state index in [4.69, 9.17) is 14.2 Å². The minimum absolute atomic E-state index is 0.0875. The van der Waals surface area contributed by atoms with Crippen LogP contribution in [0.3, 0.4) is 0 Å². The zero-order valence-electron chi connectivity index (χ0n) is 43.0. The molecule has 0 rings (SSSR count). The van der Waals surface area contributed by atoms with Gasteiger partial charge in [0.1, 0.15) is 13.2 Å². The molecule has 6 heteroatoms. The van der Waals surface area contributed by atoms with Crippen molar-refractivity contribution >= 4 is 17.9 Å². The Morgan fingerprint density at radius 3 is 0.969 bits per heavy atom. The highest BCUT2D eigenvalue weighted by atomic mass is 16.6. The predicted molar refractivity (Wildman–Crippen MR) is 279 cm³/mol. The number of esters is 3. The summed E-state index contributed by atoms with van der Waals surface area (Å²) in [7, 11) is 0. The lowest BCUT2D eigenvalue weighted by Crippen LogP contribution is -2.30. The number of carbonyl (C=O) groups is 3. The molecule has 0 aliphatic heterocycles. The van der Waals surface area contributed by atoms with Gasteiger partial charge in [0.05, 0.1) is 0 Å². The highest BCUT2D eigenvalue weighted by Crippen LogP contribution is 2.15. The van der Waals surface area contributed by atoms with Crippen LogP contribution in [0.4, 0.5) is 0 Å². The normalized spacial score (nSPS) is 12.5. The fraction of sp³-hybridized carbons (Fsp3) is 0.780. The van der Waals surface area contributed by atoms with Crippen LogP contribution >= 0.6 is 0 Å². The van der Waals surface area contributed by atoms with Crippen LogP contribution in [0.2, 0.25) is 0 Å². The number of allylic oxidation sites excluding steroid dienone is 10. The molecule has 1 atom stereocenters. The molecule has 0 saturated heterocycles. The number of ether oxygens (including phenoxy) is 3. The maximum atomic E-state index is 12.8. The molecule has 0 aliphatic rings. The summed E-state index contributed by atoms with van der Waals surface area (Å²) in [6, 6.07) is 0. The van der Waals surface area contributed by atoms with Crippen molar-refractivity contribution in [3.05, 3.63) is 60.8 Å². The van der Waals surface area contributed by atoms with E-state index in [9.17, 15) is 14.4 Å². The molecule has 0 heterocycles. The number of unbranched alkanes of at least 4 members (excludes halogenated alkanes) is 29. The second-order valence-electron chi connectivity index (χ2n) is 18.5. The SMILES string of the molecule is CC/C=C\C/C=C\C/C=C\C/C=C\CCCCCC(=O)OC(COC(=O)CCCCCCC/C=C\CCCCCCCCCCC)COC(=O)CCCCCCCCCCCCCCC. The van der Waals surface area contributed by atoms with Crippen LogP contribution in [-0.2, 0) is 28.6 Å². The lowest BCUT2D eigenvalue weighted by atomic mass is 10.0. The first-order valence-corrected chi connectivity index (χ1v) is 27.8. The largest absolute Gasteiger partial charge is 0.462 e. The van der Waals surface area contributed by atoms with Crippen molar-refractivity contribution in [1.29, 1.82) is 0 Å². The maximum Gasteiger partial charge on any atom is 0.306 e. The van der Waals surface area contributed by atoms with Crippen molar-refractivity contribution in [2.45, 2.75) is 284 Å². The molecule has 0 aromatic heterocycles. The van der Waals surface area contributed by atoms with Gasteiger partial charge in [-0.25, -0.2) is 0 Å². The molecule has 0 bridgehead atoms. The topological polar surface area (TPSA) is 78.9 Å². The van der Waals surface area contributed by atoms with Gasteiger partial charge in [0.25, 0.3) is 0 Å². The van der Waals surface area contributed by atoms with Gasteiger partial charge < -0.3 is 14.2 Å². The standard InChI is InChI=1S/C59H104O6/c1-4-7-10-13-16-19-22-25-27-29-30-32-34-37-40-43-46-49-52-58(61)64-55-56(54-63-57(60)51-48-45-42-39-36-33-24-21-18-15-12-9-6-3)65-59(62)53-50-47-44-41-38-35-31-28-26-23-20-17-14-11-8-5-2/h8,11,17,20,26,28,30,32,35,38,56H,4-7,9-10,12-16,18-19,21-25,27,29,31,33-34,36-37,39-55H2,1-3H3/b11-8-,20-17-,28-26-,32-30-,38-35-. The van der Waals surface area contributed by atoms with E-state index >= 15 is 0 Å². The number of hydrogen-bond acceptors (Lipinski definition) is 6. The molecule has 0 N–H and O–H groups in total. The summed E-state index contributed by atoms with van der Waals surface area (Å²) in [5.74, 6) is -0.918. The lowest BCUT2D eigenvalue weighted by Gasteiger charge is -2.18. The highest BCUT2D eigenvalue weighted by molar-refractivity contribution is 5.71. The van der Waals surface area contributed by atoms with Gasteiger partial charge in [0.2, 0.25) is 0 Å². The molecular weight excluding hydrogens is 805 g/mol. The summed E-state index contributed by atoms with van der Waals surface area (Å²) in [4.78, 5) is 38.1. The third kappa shape index (κ3) is 51.9. The highest BCUT2D eigenvalue weighted by Gasteiger charge is 2.19. The van der Waals surface area contributed by atoms with E-state index in [0.717, 1.165) is 96.3 Å². The van der Waals surface area contributed by atoms with Gasteiger partial charge in [-0.2, -0.15) is 0 Å². The summed E-state index contributed by atoms with van der Waals surface area (Å²) < 4.78 is 16.8. The smallest absolute Gasteiger partial charge is 0.306 e. The molecule has 0 aromatic carbocycles. The van der Waals surface area contributed by atoms with E-state index < -0.39 is 6.10 Å². The molecule has 6 nitrogen and oxygen atoms in total. The Morgan fingerprint density at radius 1 is 0.323 bits per heavy atom. The monoisotopic (exact) mass is 909 g/mol. The quantitative estimate of drug-likeness (QED) is 0.0262. The molecule has 0 spiro atoms. The van der Waals surface area contributed by atoms with E-state index in [1.807, 2.05) is 0 Å². The summed E-state index contributed by atoms with van der Waals surface area (Å²) >= 11 is 0. The Hall–Kier alpha value is -2.89. The molecule has 0 saturated carbocycles. The second-order valence-corrected chi connectivity index (χ2v) is 18.5. The number of carbonyl (C=O) groups excluding carboxylic acids is 3. The fourth-order valence-electron chi connectivity index (χ4n) is 7.84. The van der Waals surface area contributed by atoms with Crippen LogP contribution in [0, 0.1) is 0 Å². The molecule has 0 aromatic rings. The second kappa shape index (κ2) is 53.7. The van der Waals surface area contributed by atoms with Crippen LogP contribution in [-0.4, -0.2) is 37.2 Å². The minimum Gasteiger partial charge on any atom is -0.462 e. The van der Waals surface area contributed by atoms with E-state index in [0.29, 0.717) is 19.3 Å². The van der Waals surface area contributed by atoms with Crippen molar-refractivity contribution < 1.29 is 28.6 Å². The molecule has 1 unspecified atom stereocenters. The lowest BCUT2D eigenvalue weighted by molar-refractivity contribution is -0.167. The summed E-state index contributed by atoms with van der Waals surface area (Å²) in [6.07, 6.45) is 66.4. The van der Waals surface area contributed by atoms with Crippen molar-refractivity contribution in [1.82, 2.24) is 0 Å². The van der Waals surface area contributed by atoms with Crippen molar-refractivity contribution in [2.24, 2.45) is 0 Å². The number of rotatable bonds is 50. The van der Waals surface area contributed by atoms with Gasteiger partial charge in [0.15, 0.2) is 6.10 Å². The molecule has 376 valence electrons. The first-order valence-electron chi connectivity index (χ1n) is 27.8. The van der Waals surface area contributed by atoms with Gasteiger partial charge in [0, 0.05) is 19.3 Å². The Kier molecular flexibility index (Phi) is 51.3. The zero-order chi connectivity index (χ0) is 47.2. The summed E-state index contributed by atoms with van der Waals surface area (Å²) in [5, 5.41) is 0. The Bertz CT molecular complexity index is 1180. The van der Waals surface area contributed by atoms with Crippen LogP contribution in [0.5, 0.6) is 0 Å². The van der Waals surface area contributed by atoms with E-state index in [2.05, 4.69) is 81.5 Å². The fourth-order valence-corrected chi connectivity index (χ4v) is 7.84. The van der Waals surface area contributed by atoms with Gasteiger partial charge in [-0.05, 0) is 83.5 Å². The Balaban J connectivity index is 4.41. The van der Waals surface area contributed by atoms with Crippen LogP contribution < -0.4 is 0 Å². The number of hydrogen-bond donors (Lipinski definition) is 0. The first kappa shape index (κ1) is 62.1. The van der Waals surface area contributed by atoms with E-state index in [1.165, 1.54) is 141 Å². The molecule has 65 heavy (non-hydrogen) atoms. The Labute approximate surface area is 402 Å². The average Bonchev–Trinajstić information content (AvgIpc) is 3.30. The van der Waals surface area contributed by atoms with Gasteiger partial charge >= 0.3 is 17.9 Å². The molecular formula is C59H104O6. The van der Waals surface area contributed by atoms with Crippen LogP contribution in [0.1, 0.15) is 278 Å². The summed E-state index contributed by atoms with van der Waals surface area (Å²) in [5.41, 5.74) is 0. The van der Waals surface area contributed by atoms with Gasteiger partial charge in [-0.3, -0.25) is 14.4 Å². The third-order valence-corrected chi connectivity index (χ3v) is 12.0. The molecule has 0 radical (unpaired) electrons. The van der Waals surface area contributed by atoms with Crippen LogP contribution in [0.25, 0.3) is 0 Å². The molecule has 0 fully saturated rings. The summed E-state index contributed by atoms with van der Waals surface area (Å²) in [6.45, 7) is 6.51. The zero-order valence-corrected chi connectivity index (χ0v) is 43.0. The van der Waals surface area contributed by atoms with E-state index in [1.54, 1.807) is 0 Å².